The largest absolute Gasteiger partial charge is 0.465 e. The smallest absolute Gasteiger partial charge is 0.407 e. The molecule has 4 aromatic rings. The Labute approximate surface area is 236 Å². The SMILES string of the molecule is C#CCN(C[C@@H](O)[C@H](Cc1ccccc1)N(Cc1cncs1)C(=O)O)C(=O)c1ccc2nc(N(C)CC)oc2c1. The van der Waals surface area contributed by atoms with Crippen LogP contribution >= 0.6 is 11.3 Å². The maximum atomic E-state index is 13.6. The summed E-state index contributed by atoms with van der Waals surface area (Å²) < 4.78 is 5.82. The number of benzene rings is 2. The third-order valence-electron chi connectivity index (χ3n) is 6.59. The first-order chi connectivity index (χ1) is 19.3. The van der Waals surface area contributed by atoms with Crippen LogP contribution in [0.1, 0.15) is 27.7 Å². The Kier molecular flexibility index (Phi) is 9.37. The minimum atomic E-state index is -1.24. The quantitative estimate of drug-likeness (QED) is 0.249. The van der Waals surface area contributed by atoms with E-state index in [1.54, 1.807) is 29.9 Å². The van der Waals surface area contributed by atoms with Crippen molar-refractivity contribution < 1.29 is 24.2 Å². The van der Waals surface area contributed by atoms with Gasteiger partial charge in [0.1, 0.15) is 5.52 Å². The van der Waals surface area contributed by atoms with Gasteiger partial charge in [-0.15, -0.1) is 17.8 Å². The number of nitrogens with zero attached hydrogens (tertiary/aromatic N) is 5. The first-order valence-electron chi connectivity index (χ1n) is 12.7. The number of carbonyl (C=O) groups is 2. The summed E-state index contributed by atoms with van der Waals surface area (Å²) in [6, 6.07) is 13.8. The lowest BCUT2D eigenvalue weighted by molar-refractivity contribution is 0.0240. The summed E-state index contributed by atoms with van der Waals surface area (Å²) >= 11 is 1.33. The molecule has 208 valence electrons. The van der Waals surface area contributed by atoms with Gasteiger partial charge in [0.05, 0.1) is 30.7 Å². The van der Waals surface area contributed by atoms with Gasteiger partial charge < -0.3 is 24.4 Å². The number of aliphatic hydroxyl groups excluding tert-OH is 1. The lowest BCUT2D eigenvalue weighted by Crippen LogP contribution is -2.52. The van der Waals surface area contributed by atoms with E-state index in [1.165, 1.54) is 21.1 Å². The van der Waals surface area contributed by atoms with E-state index in [2.05, 4.69) is 15.9 Å². The number of thiazole rings is 1. The summed E-state index contributed by atoms with van der Waals surface area (Å²) in [7, 11) is 1.86. The van der Waals surface area contributed by atoms with Crippen molar-refractivity contribution in [2.24, 2.45) is 0 Å². The van der Waals surface area contributed by atoms with Crippen LogP contribution in [0.3, 0.4) is 0 Å². The lowest BCUT2D eigenvalue weighted by atomic mass is 9.99. The van der Waals surface area contributed by atoms with Gasteiger partial charge in [-0.05, 0) is 37.1 Å². The Hall–Kier alpha value is -4.40. The van der Waals surface area contributed by atoms with Gasteiger partial charge in [0, 0.05) is 36.8 Å². The van der Waals surface area contributed by atoms with Crippen LogP contribution in [0, 0.1) is 12.3 Å². The van der Waals surface area contributed by atoms with Crippen LogP contribution in [-0.4, -0.2) is 80.8 Å². The molecule has 0 spiro atoms. The Balaban J connectivity index is 1.60. The maximum Gasteiger partial charge on any atom is 0.407 e. The minimum Gasteiger partial charge on any atom is -0.465 e. The summed E-state index contributed by atoms with van der Waals surface area (Å²) in [6.07, 6.45) is 5.01. The van der Waals surface area contributed by atoms with E-state index in [-0.39, 0.29) is 26.1 Å². The molecule has 0 saturated heterocycles. The first-order valence-corrected chi connectivity index (χ1v) is 13.6. The van der Waals surface area contributed by atoms with Crippen molar-refractivity contribution >= 4 is 40.5 Å². The molecule has 11 heteroatoms. The monoisotopic (exact) mass is 561 g/mol. The van der Waals surface area contributed by atoms with Crippen LogP contribution in [0.25, 0.3) is 11.1 Å². The third-order valence-corrected chi connectivity index (χ3v) is 7.35. The normalized spacial score (nSPS) is 12.4. The summed E-state index contributed by atoms with van der Waals surface area (Å²) in [6.45, 7) is 2.47. The van der Waals surface area contributed by atoms with E-state index in [1.807, 2.05) is 49.2 Å². The van der Waals surface area contributed by atoms with Gasteiger partial charge in [0.25, 0.3) is 11.9 Å². The van der Waals surface area contributed by atoms with E-state index in [4.69, 9.17) is 10.8 Å². The Bertz CT molecular complexity index is 1470. The fourth-order valence-electron chi connectivity index (χ4n) is 4.33. The van der Waals surface area contributed by atoms with Crippen molar-refractivity contribution in [1.29, 1.82) is 0 Å². The van der Waals surface area contributed by atoms with Crippen molar-refractivity contribution in [3.8, 4) is 12.3 Å². The average Bonchev–Trinajstić information content (AvgIpc) is 3.63. The second-order valence-electron chi connectivity index (χ2n) is 9.29. The standard InChI is InChI=1S/C29H31N5O5S/c1-4-13-33(27(36)21-11-12-23-26(15-21)39-28(31-23)32(3)5-2)18-25(35)24(14-20-9-7-6-8-10-20)34(29(37)38)17-22-16-30-19-40-22/h1,6-12,15-16,19,24-25,35H,5,13-14,17-18H2,2-3H3,(H,37,38)/t24-,25+/m0/s1. The molecule has 0 aliphatic carbocycles. The van der Waals surface area contributed by atoms with Gasteiger partial charge in [-0.25, -0.2) is 4.79 Å². The molecule has 0 aliphatic rings. The number of carbonyl (C=O) groups excluding carboxylic acids is 1. The summed E-state index contributed by atoms with van der Waals surface area (Å²) in [5.41, 5.74) is 3.85. The van der Waals surface area contributed by atoms with Crippen LogP contribution in [-0.2, 0) is 13.0 Å². The van der Waals surface area contributed by atoms with E-state index >= 15 is 0 Å². The fraction of sp³-hybridized carbons (Fsp3) is 0.310. The van der Waals surface area contributed by atoms with Gasteiger partial charge in [0.2, 0.25) is 0 Å². The summed E-state index contributed by atoms with van der Waals surface area (Å²) in [4.78, 5) is 39.5. The average molecular weight is 562 g/mol. The molecule has 0 bridgehead atoms. The van der Waals surface area contributed by atoms with Crippen LogP contribution in [0.15, 0.2) is 64.7 Å². The second kappa shape index (κ2) is 13.1. The zero-order chi connectivity index (χ0) is 28.6. The zero-order valence-corrected chi connectivity index (χ0v) is 23.1. The number of aromatic nitrogens is 2. The van der Waals surface area contributed by atoms with Gasteiger partial charge in [-0.3, -0.25) is 14.7 Å². The molecule has 2 aromatic carbocycles. The number of fused-ring (bicyclic) bond motifs is 1. The number of hydrogen-bond acceptors (Lipinski definition) is 8. The molecule has 2 heterocycles. The van der Waals surface area contributed by atoms with E-state index in [0.29, 0.717) is 29.2 Å². The Morgan fingerprint density at radius 2 is 1.98 bits per heavy atom. The number of oxazole rings is 1. The zero-order valence-electron chi connectivity index (χ0n) is 22.3. The number of aliphatic hydroxyl groups is 1. The van der Waals surface area contributed by atoms with Crippen molar-refractivity contribution in [2.45, 2.75) is 32.0 Å². The third kappa shape index (κ3) is 6.77. The number of rotatable bonds is 12. The Morgan fingerprint density at radius 1 is 1.20 bits per heavy atom. The second-order valence-corrected chi connectivity index (χ2v) is 10.3. The molecular formula is C29H31N5O5S. The van der Waals surface area contributed by atoms with Crippen molar-refractivity contribution in [3.05, 3.63) is 76.2 Å². The molecule has 0 unspecified atom stereocenters. The molecule has 0 radical (unpaired) electrons. The number of terminal acetylenes is 1. The van der Waals surface area contributed by atoms with Gasteiger partial charge >= 0.3 is 6.09 Å². The van der Waals surface area contributed by atoms with Gasteiger partial charge in [0.15, 0.2) is 5.58 Å². The molecule has 0 saturated carbocycles. The topological polar surface area (TPSA) is 123 Å². The van der Waals surface area contributed by atoms with Gasteiger partial charge in [-0.2, -0.15) is 4.98 Å². The number of carboxylic acid groups (broad SMARTS) is 1. The molecule has 2 N–H and O–H groups in total. The van der Waals surface area contributed by atoms with E-state index in [0.717, 1.165) is 10.4 Å². The highest BCUT2D eigenvalue weighted by Gasteiger charge is 2.33. The molecule has 4 rings (SSSR count). The summed E-state index contributed by atoms with van der Waals surface area (Å²) in [5, 5.41) is 21.6. The molecule has 0 fully saturated rings. The number of amides is 2. The van der Waals surface area contributed by atoms with Crippen LogP contribution in [0.2, 0.25) is 0 Å². The molecule has 2 aromatic heterocycles. The molecule has 2 amide bonds. The van der Waals surface area contributed by atoms with Crippen molar-refractivity contribution in [2.75, 3.05) is 31.6 Å². The van der Waals surface area contributed by atoms with E-state index < -0.39 is 24.1 Å². The van der Waals surface area contributed by atoms with E-state index in [9.17, 15) is 19.8 Å². The number of anilines is 1. The molecular weight excluding hydrogens is 530 g/mol. The first kappa shape index (κ1) is 28.6. The highest BCUT2D eigenvalue weighted by atomic mass is 32.1. The predicted octanol–water partition coefficient (Wildman–Crippen LogP) is 3.97. The molecule has 2 atom stereocenters. The Morgan fingerprint density at radius 3 is 2.62 bits per heavy atom. The van der Waals surface area contributed by atoms with Crippen LogP contribution in [0.5, 0.6) is 0 Å². The highest BCUT2D eigenvalue weighted by Crippen LogP contribution is 2.24. The highest BCUT2D eigenvalue weighted by molar-refractivity contribution is 7.09. The molecule has 10 nitrogen and oxygen atoms in total. The van der Waals surface area contributed by atoms with Crippen molar-refractivity contribution in [1.82, 2.24) is 19.8 Å². The van der Waals surface area contributed by atoms with Gasteiger partial charge in [-0.1, -0.05) is 36.3 Å². The number of hydrogen-bond donors (Lipinski definition) is 2. The van der Waals surface area contributed by atoms with Crippen molar-refractivity contribution in [3.63, 3.8) is 0 Å². The van der Waals surface area contributed by atoms with Crippen LogP contribution in [0.4, 0.5) is 10.8 Å². The maximum absolute atomic E-state index is 13.6. The summed E-state index contributed by atoms with van der Waals surface area (Å²) in [5.74, 6) is 2.07. The lowest BCUT2D eigenvalue weighted by Gasteiger charge is -2.35. The minimum absolute atomic E-state index is 0.0499. The predicted molar refractivity (Wildman–Crippen MR) is 153 cm³/mol. The molecule has 40 heavy (non-hydrogen) atoms. The molecule has 0 aliphatic heterocycles. The fourth-order valence-corrected chi connectivity index (χ4v) is 4.92. The van der Waals surface area contributed by atoms with Crippen LogP contribution < -0.4 is 4.90 Å².